The first-order valence-electron chi connectivity index (χ1n) is 4.62. The molecule has 0 aliphatic heterocycles. The van der Waals surface area contributed by atoms with Gasteiger partial charge in [-0.15, -0.1) is 0 Å². The average molecular weight is 191 g/mol. The van der Waals surface area contributed by atoms with Gasteiger partial charge >= 0.3 is 0 Å². The van der Waals surface area contributed by atoms with E-state index < -0.39 is 12.5 Å². The summed E-state index contributed by atoms with van der Waals surface area (Å²) in [5.41, 5.74) is -0.385. The predicted octanol–water partition coefficient (Wildman–Crippen LogP) is 0.438. The van der Waals surface area contributed by atoms with E-state index in [1.807, 2.05) is 27.7 Å². The molecular weight excluding hydrogens is 170 g/mol. The Kier molecular flexibility index (Phi) is 5.48. The highest BCUT2D eigenvalue weighted by atomic mass is 16.6. The van der Waals surface area contributed by atoms with Crippen LogP contribution in [0.3, 0.4) is 0 Å². The van der Waals surface area contributed by atoms with Gasteiger partial charge in [0.2, 0.25) is 6.41 Å². The van der Waals surface area contributed by atoms with Gasteiger partial charge in [0.1, 0.15) is 0 Å². The molecule has 0 bridgehead atoms. The minimum absolute atomic E-state index is 0.341. The highest BCUT2D eigenvalue weighted by molar-refractivity contribution is 4.61. The van der Waals surface area contributed by atoms with Crippen molar-refractivity contribution < 1.29 is 14.9 Å². The van der Waals surface area contributed by atoms with Crippen LogP contribution in [0.25, 0.3) is 0 Å². The number of ether oxygens (including phenoxy) is 1. The summed E-state index contributed by atoms with van der Waals surface area (Å²) in [4.78, 5) is 0. The molecular formula is C9H21NO3. The third kappa shape index (κ3) is 8.18. The molecule has 0 radical (unpaired) electrons. The molecule has 0 heterocycles. The maximum Gasteiger partial charge on any atom is 0.214 e. The topological polar surface area (TPSA) is 61.7 Å². The van der Waals surface area contributed by atoms with Crippen LogP contribution in [-0.4, -0.2) is 34.9 Å². The second-order valence-corrected chi connectivity index (χ2v) is 4.05. The normalized spacial score (nSPS) is 17.1. The fourth-order valence-corrected chi connectivity index (χ4v) is 0.758. The van der Waals surface area contributed by atoms with Crippen LogP contribution in [-0.2, 0) is 4.74 Å². The summed E-state index contributed by atoms with van der Waals surface area (Å²) < 4.78 is 5.17. The molecule has 0 aliphatic carbocycles. The van der Waals surface area contributed by atoms with E-state index in [9.17, 15) is 10.2 Å². The van der Waals surface area contributed by atoms with Gasteiger partial charge in [0, 0.05) is 6.54 Å². The summed E-state index contributed by atoms with van der Waals surface area (Å²) in [6, 6.07) is 0. The summed E-state index contributed by atoms with van der Waals surface area (Å²) in [6.07, 6.45) is -0.783. The molecule has 4 heteroatoms. The van der Waals surface area contributed by atoms with Crippen molar-refractivity contribution in [3.63, 3.8) is 0 Å². The first kappa shape index (κ1) is 12.8. The Hall–Kier alpha value is -0.160. The van der Waals surface area contributed by atoms with Crippen LogP contribution in [0.4, 0.5) is 0 Å². The highest BCUT2D eigenvalue weighted by Crippen LogP contribution is 2.07. The van der Waals surface area contributed by atoms with Gasteiger partial charge in [-0.05, 0) is 27.2 Å². The fraction of sp³-hybridized carbons (Fsp3) is 1.00. The monoisotopic (exact) mass is 191 g/mol. The summed E-state index contributed by atoms with van der Waals surface area (Å²) in [5, 5.41) is 21.1. The highest BCUT2D eigenvalue weighted by Gasteiger charge is 2.16. The zero-order valence-corrected chi connectivity index (χ0v) is 8.87. The molecule has 0 aliphatic rings. The second kappa shape index (κ2) is 5.54. The van der Waals surface area contributed by atoms with Crippen molar-refractivity contribution in [3.8, 4) is 0 Å². The fourth-order valence-electron chi connectivity index (χ4n) is 0.758. The SMILES string of the molecule is CC[C@@H](O)CNC(O)OC(C)(C)C. The van der Waals surface area contributed by atoms with Crippen molar-refractivity contribution >= 4 is 0 Å². The standard InChI is InChI=1S/C9H21NO3/c1-5-7(11)6-10-8(12)13-9(2,3)4/h7-8,10-12H,5-6H2,1-4H3/t7-,8?/m1/s1. The van der Waals surface area contributed by atoms with Crippen LogP contribution in [0.5, 0.6) is 0 Å². The first-order valence-corrected chi connectivity index (χ1v) is 4.62. The lowest BCUT2D eigenvalue weighted by Crippen LogP contribution is -2.41. The second-order valence-electron chi connectivity index (χ2n) is 4.05. The van der Waals surface area contributed by atoms with E-state index in [0.717, 1.165) is 0 Å². The van der Waals surface area contributed by atoms with Crippen LogP contribution in [0.1, 0.15) is 34.1 Å². The molecule has 0 amide bonds. The Balaban J connectivity index is 3.57. The summed E-state index contributed by atoms with van der Waals surface area (Å²) >= 11 is 0. The van der Waals surface area contributed by atoms with Crippen molar-refractivity contribution in [1.29, 1.82) is 0 Å². The molecule has 13 heavy (non-hydrogen) atoms. The minimum Gasteiger partial charge on any atom is -0.392 e. The van der Waals surface area contributed by atoms with E-state index in [0.29, 0.717) is 13.0 Å². The minimum atomic E-state index is -1.01. The zero-order valence-electron chi connectivity index (χ0n) is 8.87. The number of aliphatic hydroxyl groups is 2. The van der Waals surface area contributed by atoms with E-state index in [1.165, 1.54) is 0 Å². The van der Waals surface area contributed by atoms with Gasteiger partial charge in [-0.3, -0.25) is 5.32 Å². The smallest absolute Gasteiger partial charge is 0.214 e. The summed E-state index contributed by atoms with van der Waals surface area (Å²) in [7, 11) is 0. The van der Waals surface area contributed by atoms with Gasteiger partial charge in [0.25, 0.3) is 0 Å². The van der Waals surface area contributed by atoms with Gasteiger partial charge in [0.05, 0.1) is 11.7 Å². The third-order valence-electron chi connectivity index (χ3n) is 1.46. The number of hydrogen-bond donors (Lipinski definition) is 3. The molecule has 3 N–H and O–H groups in total. The third-order valence-corrected chi connectivity index (χ3v) is 1.46. The van der Waals surface area contributed by atoms with Crippen LogP contribution in [0.15, 0.2) is 0 Å². The van der Waals surface area contributed by atoms with E-state index in [4.69, 9.17) is 4.74 Å². The molecule has 0 fully saturated rings. The van der Waals surface area contributed by atoms with E-state index >= 15 is 0 Å². The molecule has 0 aromatic rings. The predicted molar refractivity (Wildman–Crippen MR) is 51.1 cm³/mol. The Morgan fingerprint density at radius 2 is 1.85 bits per heavy atom. The number of hydrogen-bond acceptors (Lipinski definition) is 4. The largest absolute Gasteiger partial charge is 0.392 e. The summed E-state index contributed by atoms with van der Waals surface area (Å²) in [5.74, 6) is 0. The number of rotatable bonds is 5. The quantitative estimate of drug-likeness (QED) is 0.552. The van der Waals surface area contributed by atoms with Gasteiger partial charge in [-0.25, -0.2) is 0 Å². The molecule has 0 rings (SSSR count). The lowest BCUT2D eigenvalue weighted by Gasteiger charge is -2.25. The molecule has 1 unspecified atom stereocenters. The molecule has 80 valence electrons. The zero-order chi connectivity index (χ0) is 10.5. The van der Waals surface area contributed by atoms with Crippen LogP contribution >= 0.6 is 0 Å². The molecule has 0 aromatic carbocycles. The molecule has 0 aromatic heterocycles. The van der Waals surface area contributed by atoms with Gasteiger partial charge in [0.15, 0.2) is 0 Å². The molecule has 0 spiro atoms. The van der Waals surface area contributed by atoms with Crippen molar-refractivity contribution in [1.82, 2.24) is 5.32 Å². The van der Waals surface area contributed by atoms with Crippen molar-refractivity contribution in [2.45, 2.75) is 52.2 Å². The van der Waals surface area contributed by atoms with Gasteiger partial charge < -0.3 is 14.9 Å². The Bertz CT molecular complexity index is 133. The molecule has 2 atom stereocenters. The molecule has 0 saturated carbocycles. The van der Waals surface area contributed by atoms with Crippen molar-refractivity contribution in [3.05, 3.63) is 0 Å². The average Bonchev–Trinajstić information content (AvgIpc) is 1.97. The first-order chi connectivity index (χ1) is 5.85. The Labute approximate surface area is 79.9 Å². The van der Waals surface area contributed by atoms with E-state index in [-0.39, 0.29) is 5.60 Å². The van der Waals surface area contributed by atoms with Crippen LogP contribution in [0.2, 0.25) is 0 Å². The van der Waals surface area contributed by atoms with Crippen LogP contribution in [0, 0.1) is 0 Å². The number of nitrogens with one attached hydrogen (secondary N) is 1. The lowest BCUT2D eigenvalue weighted by molar-refractivity contribution is -0.183. The maximum absolute atomic E-state index is 9.28. The number of aliphatic hydroxyl groups excluding tert-OH is 2. The van der Waals surface area contributed by atoms with Crippen LogP contribution < -0.4 is 5.32 Å². The molecule has 0 saturated heterocycles. The summed E-state index contributed by atoms with van der Waals surface area (Å²) in [6.45, 7) is 7.79. The molecule has 4 nitrogen and oxygen atoms in total. The Morgan fingerprint density at radius 1 is 1.31 bits per heavy atom. The van der Waals surface area contributed by atoms with Gasteiger partial charge in [-0.1, -0.05) is 6.92 Å². The van der Waals surface area contributed by atoms with E-state index in [1.54, 1.807) is 0 Å². The van der Waals surface area contributed by atoms with Crippen molar-refractivity contribution in [2.75, 3.05) is 6.54 Å². The van der Waals surface area contributed by atoms with Crippen molar-refractivity contribution in [2.24, 2.45) is 0 Å². The van der Waals surface area contributed by atoms with E-state index in [2.05, 4.69) is 5.32 Å². The maximum atomic E-state index is 9.28. The van der Waals surface area contributed by atoms with Gasteiger partial charge in [-0.2, -0.15) is 0 Å². The lowest BCUT2D eigenvalue weighted by atomic mass is 10.2. The Morgan fingerprint density at radius 3 is 2.23 bits per heavy atom.